The van der Waals surface area contributed by atoms with Crippen molar-refractivity contribution in [3.05, 3.63) is 189 Å². The Balaban J connectivity index is 1.24. The highest BCUT2D eigenvalue weighted by molar-refractivity contribution is 7.86. The zero-order valence-corrected chi connectivity index (χ0v) is 38.3. The third kappa shape index (κ3) is 9.88. The van der Waals surface area contributed by atoms with E-state index in [2.05, 4.69) is 16.7 Å². The summed E-state index contributed by atoms with van der Waals surface area (Å²) in [4.78, 5) is -1.37. The summed E-state index contributed by atoms with van der Waals surface area (Å²) in [6.07, 6.45) is 0. The Hall–Kier alpha value is -6.77. The zero-order valence-electron chi connectivity index (χ0n) is 36.7. The fourth-order valence-electron chi connectivity index (χ4n) is 7.81. The Morgan fingerprint density at radius 2 is 0.906 bits per heavy atom. The molecule has 0 bridgehead atoms. The molecule has 328 valence electrons. The van der Waals surface area contributed by atoms with Gasteiger partial charge in [-0.05, 0) is 168 Å². The van der Waals surface area contributed by atoms with Crippen LogP contribution in [0.25, 0.3) is 0 Å². The van der Waals surface area contributed by atoms with Gasteiger partial charge in [-0.3, -0.25) is 9.11 Å². The van der Waals surface area contributed by atoms with Gasteiger partial charge in [0.25, 0.3) is 10.1 Å². The first-order chi connectivity index (χ1) is 30.3. The van der Waals surface area contributed by atoms with Crippen molar-refractivity contribution in [3.63, 3.8) is 0 Å². The van der Waals surface area contributed by atoms with Crippen LogP contribution >= 0.6 is 0 Å². The number of rotatable bonds is 14. The van der Waals surface area contributed by atoms with Gasteiger partial charge in [0, 0.05) is 39.9 Å². The highest BCUT2D eigenvalue weighted by Crippen LogP contribution is 2.41. The van der Waals surface area contributed by atoms with E-state index in [0.29, 0.717) is 28.5 Å². The van der Waals surface area contributed by atoms with Crippen molar-refractivity contribution < 1.29 is 40.2 Å². The number of nitrogens with one attached hydrogen (secondary N) is 2. The zero-order chi connectivity index (χ0) is 46.1. The lowest BCUT2D eigenvalue weighted by Gasteiger charge is -2.20. The molecule has 0 spiro atoms. The molecule has 64 heavy (non-hydrogen) atoms. The third-order valence-corrected chi connectivity index (χ3v) is 12.7. The summed E-state index contributed by atoms with van der Waals surface area (Å²) in [5.41, 5.74) is 11.2. The number of methoxy groups -OCH3 is 1. The molecule has 13 heteroatoms. The Morgan fingerprint density at radius 3 is 1.31 bits per heavy atom. The van der Waals surface area contributed by atoms with Crippen LogP contribution in [0.4, 0.5) is 22.7 Å². The maximum Gasteiger partial charge on any atom is 0.315 e. The number of benzene rings is 7. The topological polar surface area (TPSA) is 160 Å². The average Bonchev–Trinajstić information content (AvgIpc) is 3.25. The second-order valence-corrected chi connectivity index (χ2v) is 18.6. The van der Waals surface area contributed by atoms with Gasteiger partial charge >= 0.3 is 10.1 Å². The molecule has 0 aliphatic carbocycles. The van der Waals surface area contributed by atoms with Crippen LogP contribution in [0.15, 0.2) is 137 Å². The van der Waals surface area contributed by atoms with Crippen molar-refractivity contribution in [1.29, 1.82) is 0 Å². The number of hydrogen-bond acceptors (Lipinski definition) is 9. The standard InChI is InChI=1S/C51H48N2O9S2/c1-30-9-19-42(20-10-30)61-50-33(4)27-31(2)48(35(50)6)52-39-15-11-37(12-16-39)47(45-26-25-44(63(54,55)56)29-46(45)64(57,58)59)38-13-17-40(18-14-38)53-49-32(3)28-34(5)51(36(49)7)62-43-23-21-41(60-8)22-24-43/h9-29,52-53H,1-8H3,(H-,54,55,56,57,58,59)/p+1. The SMILES string of the molecule is COc1ccc(Oc2c(C)cc(C)c(Nc3ccc([C+](c4ccc(Nc5c(C)cc(C)c(Oc6ccc(C)cc6)c5C)cc4)c4ccc(S(=O)(=O)O)cc4S(=O)(=O)O)cc3)c2C)cc1. The Kier molecular flexibility index (Phi) is 12.8. The van der Waals surface area contributed by atoms with Crippen LogP contribution in [-0.4, -0.2) is 33.1 Å². The average molecular weight is 898 g/mol. The summed E-state index contributed by atoms with van der Waals surface area (Å²) < 4.78 is 88.4. The van der Waals surface area contributed by atoms with Crippen molar-refractivity contribution in [1.82, 2.24) is 0 Å². The van der Waals surface area contributed by atoms with Crippen LogP contribution in [0.5, 0.6) is 28.7 Å². The van der Waals surface area contributed by atoms with Gasteiger partial charge < -0.3 is 24.8 Å². The quantitative estimate of drug-likeness (QED) is 0.0467. The fourth-order valence-corrected chi connectivity index (χ4v) is 9.11. The lowest BCUT2D eigenvalue weighted by Crippen LogP contribution is -2.13. The first-order valence-corrected chi connectivity index (χ1v) is 23.2. The van der Waals surface area contributed by atoms with E-state index in [-0.39, 0.29) is 5.56 Å². The van der Waals surface area contributed by atoms with E-state index in [0.717, 1.165) is 91.1 Å². The molecule has 7 aromatic carbocycles. The molecule has 4 N–H and O–H groups in total. The van der Waals surface area contributed by atoms with Crippen LogP contribution in [0.3, 0.4) is 0 Å². The number of ether oxygens (including phenoxy) is 3. The summed E-state index contributed by atoms with van der Waals surface area (Å²) in [6, 6.07) is 37.0. The molecule has 0 saturated heterocycles. The van der Waals surface area contributed by atoms with Gasteiger partial charge in [0.05, 0.1) is 29.7 Å². The molecule has 0 saturated carbocycles. The van der Waals surface area contributed by atoms with Gasteiger partial charge in [0.2, 0.25) is 0 Å². The normalized spacial score (nSPS) is 11.5. The third-order valence-electron chi connectivity index (χ3n) is 11.0. The summed E-state index contributed by atoms with van der Waals surface area (Å²) >= 11 is 0. The molecule has 0 atom stereocenters. The highest BCUT2D eigenvalue weighted by atomic mass is 32.2. The van der Waals surface area contributed by atoms with E-state index in [1.807, 2.05) is 127 Å². The maximum absolute atomic E-state index is 12.9. The van der Waals surface area contributed by atoms with E-state index in [1.54, 1.807) is 31.4 Å². The Morgan fingerprint density at radius 1 is 0.484 bits per heavy atom. The van der Waals surface area contributed by atoms with Crippen LogP contribution < -0.4 is 24.8 Å². The Labute approximate surface area is 375 Å². The lowest BCUT2D eigenvalue weighted by molar-refractivity contribution is 0.412. The smallest absolute Gasteiger partial charge is 0.315 e. The van der Waals surface area contributed by atoms with E-state index in [4.69, 9.17) is 14.2 Å². The minimum atomic E-state index is -5.01. The number of anilines is 4. The van der Waals surface area contributed by atoms with E-state index >= 15 is 0 Å². The predicted octanol–water partition coefficient (Wildman–Crippen LogP) is 12.4. The molecular formula is C51H49N2O9S2+. The van der Waals surface area contributed by atoms with Crippen molar-refractivity contribution in [2.75, 3.05) is 17.7 Å². The molecule has 11 nitrogen and oxygen atoms in total. The van der Waals surface area contributed by atoms with Crippen molar-refractivity contribution in [2.45, 2.75) is 58.3 Å². The predicted molar refractivity (Wildman–Crippen MR) is 252 cm³/mol. The summed E-state index contributed by atoms with van der Waals surface area (Å²) in [6.45, 7) is 14.0. The largest absolute Gasteiger partial charge is 0.497 e. The molecule has 0 fully saturated rings. The van der Waals surface area contributed by atoms with Crippen LogP contribution in [0.2, 0.25) is 0 Å². The Bertz CT molecular complexity index is 3080. The van der Waals surface area contributed by atoms with Crippen LogP contribution in [-0.2, 0) is 20.2 Å². The summed E-state index contributed by atoms with van der Waals surface area (Å²) in [5.74, 6) is 3.92. The molecule has 0 heterocycles. The highest BCUT2D eigenvalue weighted by Gasteiger charge is 2.32. The molecule has 0 aliphatic heterocycles. The fraction of sp³-hybridized carbons (Fsp3) is 0.157. The van der Waals surface area contributed by atoms with Crippen LogP contribution in [0, 0.1) is 54.4 Å². The maximum atomic E-state index is 12.9. The molecule has 0 aromatic heterocycles. The van der Waals surface area contributed by atoms with Gasteiger partial charge in [0.1, 0.15) is 38.5 Å². The lowest BCUT2D eigenvalue weighted by atomic mass is 9.85. The van der Waals surface area contributed by atoms with Crippen molar-refractivity contribution in [2.24, 2.45) is 0 Å². The van der Waals surface area contributed by atoms with Crippen molar-refractivity contribution in [3.8, 4) is 28.7 Å². The second kappa shape index (κ2) is 18.1. The van der Waals surface area contributed by atoms with Crippen molar-refractivity contribution >= 4 is 43.0 Å². The van der Waals surface area contributed by atoms with E-state index in [1.165, 1.54) is 6.07 Å². The summed E-state index contributed by atoms with van der Waals surface area (Å²) in [5, 5.41) is 7.06. The van der Waals surface area contributed by atoms with Crippen LogP contribution in [0.1, 0.15) is 55.6 Å². The van der Waals surface area contributed by atoms with E-state index < -0.39 is 30.0 Å². The molecule has 0 amide bonds. The van der Waals surface area contributed by atoms with E-state index in [9.17, 15) is 25.9 Å². The molecule has 7 rings (SSSR count). The number of aryl methyl sites for hydroxylation is 5. The minimum absolute atomic E-state index is 0.0185. The minimum Gasteiger partial charge on any atom is -0.497 e. The molecule has 0 aliphatic rings. The van der Waals surface area contributed by atoms with Gasteiger partial charge in [-0.2, -0.15) is 16.8 Å². The molecule has 7 aromatic rings. The molecule has 0 radical (unpaired) electrons. The first kappa shape index (κ1) is 45.3. The monoisotopic (exact) mass is 897 g/mol. The van der Waals surface area contributed by atoms with Gasteiger partial charge in [-0.25, -0.2) is 0 Å². The second-order valence-electron chi connectivity index (χ2n) is 15.8. The van der Waals surface area contributed by atoms with Gasteiger partial charge in [0.15, 0.2) is 0 Å². The van der Waals surface area contributed by atoms with Gasteiger partial charge in [-0.15, -0.1) is 0 Å². The number of hydrogen-bond donors (Lipinski definition) is 4. The van der Waals surface area contributed by atoms with Gasteiger partial charge in [-0.1, -0.05) is 29.8 Å². The summed E-state index contributed by atoms with van der Waals surface area (Å²) in [7, 11) is -8.22. The molecule has 0 unspecified atom stereocenters. The first-order valence-electron chi connectivity index (χ1n) is 20.3. The molecular weight excluding hydrogens is 849 g/mol.